The normalized spacial score (nSPS) is 19.4. The van der Waals surface area contributed by atoms with Crippen LogP contribution in [0.5, 0.6) is 0 Å². The fourth-order valence-corrected chi connectivity index (χ4v) is 4.48. The molecule has 1 heterocycles. The van der Waals surface area contributed by atoms with Crippen LogP contribution in [0.2, 0.25) is 0 Å². The summed E-state index contributed by atoms with van der Waals surface area (Å²) in [4.78, 5) is 11.4. The van der Waals surface area contributed by atoms with E-state index in [1.54, 1.807) is 0 Å². The highest BCUT2D eigenvalue weighted by molar-refractivity contribution is 8.07. The minimum atomic E-state index is -0.0104. The largest absolute Gasteiger partial charge is 0.466 e. The Morgan fingerprint density at radius 2 is 1.29 bits per heavy atom. The lowest BCUT2D eigenvalue weighted by molar-refractivity contribution is -0.143. The Morgan fingerprint density at radius 1 is 0.750 bits per heavy atom. The molecule has 2 nitrogen and oxygen atoms in total. The summed E-state index contributed by atoms with van der Waals surface area (Å²) in [5.41, 5.74) is 0. The van der Waals surface area contributed by atoms with E-state index in [1.807, 2.05) is 6.92 Å². The van der Waals surface area contributed by atoms with Gasteiger partial charge in [-0.05, 0) is 25.7 Å². The van der Waals surface area contributed by atoms with Gasteiger partial charge < -0.3 is 4.74 Å². The molecule has 2 unspecified atom stereocenters. The van der Waals surface area contributed by atoms with Gasteiger partial charge in [-0.3, -0.25) is 4.79 Å². The van der Waals surface area contributed by atoms with Crippen molar-refractivity contribution in [1.29, 1.82) is 0 Å². The third kappa shape index (κ3) is 12.2. The van der Waals surface area contributed by atoms with Gasteiger partial charge in [0.15, 0.2) is 0 Å². The molecule has 0 amide bonds. The zero-order valence-electron chi connectivity index (χ0n) is 16.2. The Kier molecular flexibility index (Phi) is 13.8. The van der Waals surface area contributed by atoms with Gasteiger partial charge in [-0.25, -0.2) is 0 Å². The number of carbonyl (C=O) groups is 1. The van der Waals surface area contributed by atoms with E-state index in [-0.39, 0.29) is 5.97 Å². The Bertz CT molecular complexity index is 306. The number of unbranched alkanes of at least 4 members (excludes halogenated alkanes) is 9. The van der Waals surface area contributed by atoms with Crippen molar-refractivity contribution in [2.45, 2.75) is 121 Å². The lowest BCUT2D eigenvalue weighted by Gasteiger charge is -2.03. The van der Waals surface area contributed by atoms with Crippen LogP contribution in [0.15, 0.2) is 0 Å². The zero-order valence-corrected chi connectivity index (χ0v) is 17.0. The van der Waals surface area contributed by atoms with E-state index < -0.39 is 0 Å². The smallest absolute Gasteiger partial charge is 0.305 e. The van der Waals surface area contributed by atoms with E-state index >= 15 is 0 Å². The third-order valence-corrected chi connectivity index (χ3v) is 6.38. The summed E-state index contributed by atoms with van der Waals surface area (Å²) in [5.74, 6) is -0.0104. The lowest BCUT2D eigenvalue weighted by atomic mass is 10.0. The van der Waals surface area contributed by atoms with Crippen LogP contribution in [0, 0.1) is 0 Å². The number of rotatable bonds is 17. The Balaban J connectivity index is 1.77. The van der Waals surface area contributed by atoms with Crippen molar-refractivity contribution in [3.63, 3.8) is 0 Å². The second kappa shape index (κ2) is 15.1. The number of esters is 1. The van der Waals surface area contributed by atoms with Crippen LogP contribution in [0.25, 0.3) is 0 Å². The van der Waals surface area contributed by atoms with E-state index in [4.69, 9.17) is 4.74 Å². The molecule has 24 heavy (non-hydrogen) atoms. The van der Waals surface area contributed by atoms with Crippen LogP contribution in [0.1, 0.15) is 110 Å². The molecule has 1 fully saturated rings. The van der Waals surface area contributed by atoms with Crippen molar-refractivity contribution in [2.24, 2.45) is 0 Å². The van der Waals surface area contributed by atoms with Gasteiger partial charge in [0.2, 0.25) is 0 Å². The Morgan fingerprint density at radius 3 is 1.88 bits per heavy atom. The summed E-state index contributed by atoms with van der Waals surface area (Å²) in [6.45, 7) is 4.90. The van der Waals surface area contributed by atoms with Crippen molar-refractivity contribution >= 4 is 17.7 Å². The second-order valence-electron chi connectivity index (χ2n) is 7.30. The molecule has 0 radical (unpaired) electrons. The van der Waals surface area contributed by atoms with Gasteiger partial charge >= 0.3 is 5.97 Å². The predicted molar refractivity (Wildman–Crippen MR) is 107 cm³/mol. The van der Waals surface area contributed by atoms with E-state index in [0.29, 0.717) is 13.0 Å². The van der Waals surface area contributed by atoms with Crippen molar-refractivity contribution in [1.82, 2.24) is 0 Å². The van der Waals surface area contributed by atoms with E-state index in [2.05, 4.69) is 18.7 Å². The SMILES string of the molecule is CCCCCCCCC1SC1CCCCCCCC(=O)OCCC. The average molecular weight is 357 g/mol. The lowest BCUT2D eigenvalue weighted by Crippen LogP contribution is -2.04. The minimum Gasteiger partial charge on any atom is -0.466 e. The van der Waals surface area contributed by atoms with Crippen molar-refractivity contribution in [2.75, 3.05) is 6.61 Å². The van der Waals surface area contributed by atoms with Gasteiger partial charge in [0, 0.05) is 16.9 Å². The summed E-state index contributed by atoms with van der Waals surface area (Å²) in [5, 5.41) is 1.97. The maximum absolute atomic E-state index is 11.4. The second-order valence-corrected chi connectivity index (χ2v) is 8.78. The Hall–Kier alpha value is -0.180. The van der Waals surface area contributed by atoms with E-state index in [9.17, 15) is 4.79 Å². The molecule has 142 valence electrons. The number of carbonyl (C=O) groups excluding carboxylic acids is 1. The molecule has 1 rings (SSSR count). The molecule has 0 aromatic heterocycles. The van der Waals surface area contributed by atoms with Gasteiger partial charge in [0.05, 0.1) is 6.61 Å². The molecule has 0 aliphatic carbocycles. The standard InChI is InChI=1S/C21H40O2S/c1-3-5-6-7-9-12-15-19-20(24-19)16-13-10-8-11-14-17-21(22)23-18-4-2/h19-20H,3-18H2,1-2H3. The van der Waals surface area contributed by atoms with Crippen molar-refractivity contribution < 1.29 is 9.53 Å². The number of thioether (sulfide) groups is 1. The molecular formula is C21H40O2S. The average Bonchev–Trinajstić information content (AvgIpc) is 3.33. The fraction of sp³-hybridized carbons (Fsp3) is 0.952. The van der Waals surface area contributed by atoms with Gasteiger partial charge in [-0.2, -0.15) is 11.8 Å². The molecule has 0 bridgehead atoms. The molecule has 0 saturated carbocycles. The molecule has 0 spiro atoms. The van der Waals surface area contributed by atoms with Crippen LogP contribution >= 0.6 is 11.8 Å². The highest BCUT2D eigenvalue weighted by Crippen LogP contribution is 2.47. The molecular weight excluding hydrogens is 316 g/mol. The van der Waals surface area contributed by atoms with Crippen LogP contribution in [0.4, 0.5) is 0 Å². The highest BCUT2D eigenvalue weighted by atomic mass is 32.2. The molecule has 1 aliphatic heterocycles. The van der Waals surface area contributed by atoms with Crippen LogP contribution in [0.3, 0.4) is 0 Å². The first-order chi connectivity index (χ1) is 11.8. The van der Waals surface area contributed by atoms with Crippen molar-refractivity contribution in [3.05, 3.63) is 0 Å². The van der Waals surface area contributed by atoms with Crippen LogP contribution < -0.4 is 0 Å². The fourth-order valence-electron chi connectivity index (χ4n) is 3.25. The molecule has 1 aliphatic rings. The number of ether oxygens (including phenoxy) is 1. The monoisotopic (exact) mass is 356 g/mol. The van der Waals surface area contributed by atoms with Crippen LogP contribution in [-0.2, 0) is 9.53 Å². The minimum absolute atomic E-state index is 0.0104. The molecule has 1 saturated heterocycles. The summed E-state index contributed by atoms with van der Waals surface area (Å²) < 4.78 is 5.09. The first-order valence-corrected chi connectivity index (χ1v) is 11.5. The predicted octanol–water partition coefficient (Wildman–Crippen LogP) is 6.90. The quantitative estimate of drug-likeness (QED) is 0.161. The maximum Gasteiger partial charge on any atom is 0.305 e. The van der Waals surface area contributed by atoms with Gasteiger partial charge in [-0.15, -0.1) is 0 Å². The summed E-state index contributed by atoms with van der Waals surface area (Å²) >= 11 is 2.22. The molecule has 0 aromatic carbocycles. The number of hydrogen-bond donors (Lipinski definition) is 0. The topological polar surface area (TPSA) is 26.3 Å². The summed E-state index contributed by atoms with van der Waals surface area (Å²) in [6, 6.07) is 0. The molecule has 3 heteroatoms. The van der Waals surface area contributed by atoms with E-state index in [1.165, 1.54) is 77.0 Å². The summed E-state index contributed by atoms with van der Waals surface area (Å²) in [7, 11) is 0. The van der Waals surface area contributed by atoms with Gasteiger partial charge in [-0.1, -0.05) is 78.1 Å². The maximum atomic E-state index is 11.4. The molecule has 0 aromatic rings. The third-order valence-electron chi connectivity index (χ3n) is 4.87. The summed E-state index contributed by atoms with van der Waals surface area (Å²) in [6.07, 6.45) is 19.1. The highest BCUT2D eigenvalue weighted by Gasteiger charge is 2.36. The van der Waals surface area contributed by atoms with E-state index in [0.717, 1.165) is 23.3 Å². The number of hydrogen-bond acceptors (Lipinski definition) is 3. The van der Waals surface area contributed by atoms with Gasteiger partial charge in [0.1, 0.15) is 0 Å². The molecule has 2 atom stereocenters. The first kappa shape index (κ1) is 21.9. The Labute approximate surface area is 154 Å². The van der Waals surface area contributed by atoms with Crippen molar-refractivity contribution in [3.8, 4) is 0 Å². The zero-order chi connectivity index (χ0) is 17.5. The molecule has 0 N–H and O–H groups in total. The van der Waals surface area contributed by atoms with Crippen LogP contribution in [-0.4, -0.2) is 23.1 Å². The van der Waals surface area contributed by atoms with Gasteiger partial charge in [0.25, 0.3) is 0 Å². The first-order valence-electron chi connectivity index (χ1n) is 10.6.